The van der Waals surface area contributed by atoms with E-state index < -0.39 is 0 Å². The number of halogens is 1. The smallest absolute Gasteiger partial charge is 0.0900 e. The lowest BCUT2D eigenvalue weighted by Gasteiger charge is -2.15. The van der Waals surface area contributed by atoms with Gasteiger partial charge in [0.15, 0.2) is 0 Å². The number of aryl methyl sites for hydroxylation is 4. The minimum Gasteiger partial charge on any atom is -0.271 e. The monoisotopic (exact) mass is 343 g/mol. The largest absolute Gasteiger partial charge is 0.271 e. The predicted molar refractivity (Wildman–Crippen MR) is 81.0 cm³/mol. The molecule has 104 valence electrons. The van der Waals surface area contributed by atoms with Crippen LogP contribution in [0.1, 0.15) is 33.0 Å². The first-order valence-corrected chi connectivity index (χ1v) is 7.63. The van der Waals surface area contributed by atoms with Crippen LogP contribution in [0.2, 0.25) is 0 Å². The van der Waals surface area contributed by atoms with Crippen LogP contribution < -0.4 is 11.3 Å². The van der Waals surface area contributed by atoms with Gasteiger partial charge < -0.3 is 0 Å². The maximum atomic E-state index is 5.72. The van der Waals surface area contributed by atoms with Crippen molar-refractivity contribution in [2.45, 2.75) is 33.2 Å². The summed E-state index contributed by atoms with van der Waals surface area (Å²) < 4.78 is 2.95. The molecule has 0 aliphatic rings. The van der Waals surface area contributed by atoms with Gasteiger partial charge >= 0.3 is 0 Å². The minimum atomic E-state index is 0.0531. The Kier molecular flexibility index (Phi) is 4.39. The first-order valence-electron chi connectivity index (χ1n) is 6.02. The summed E-state index contributed by atoms with van der Waals surface area (Å²) in [5, 5.41) is 5.47. The second-order valence-electron chi connectivity index (χ2n) is 4.58. The maximum Gasteiger partial charge on any atom is 0.0900 e. The Balaban J connectivity index is 2.31. The van der Waals surface area contributed by atoms with Gasteiger partial charge in [-0.25, -0.2) is 4.98 Å². The van der Waals surface area contributed by atoms with Crippen molar-refractivity contribution < 1.29 is 0 Å². The third kappa shape index (κ3) is 2.89. The van der Waals surface area contributed by atoms with E-state index in [1.165, 1.54) is 4.88 Å². The SMILES string of the molecule is Cc1nc(C)c(C(Cc2c(Br)c(C)nn2C)NN)s1. The van der Waals surface area contributed by atoms with Crippen LogP contribution in [0.15, 0.2) is 4.47 Å². The lowest BCUT2D eigenvalue weighted by atomic mass is 10.1. The Hall–Kier alpha value is -0.760. The summed E-state index contributed by atoms with van der Waals surface area (Å²) in [6.07, 6.45) is 0.775. The number of nitrogens with zero attached hydrogens (tertiary/aromatic N) is 3. The third-order valence-corrected chi connectivity index (χ3v) is 5.33. The van der Waals surface area contributed by atoms with Crippen LogP contribution in [0.3, 0.4) is 0 Å². The van der Waals surface area contributed by atoms with Crippen molar-refractivity contribution in [3.63, 3.8) is 0 Å². The molecule has 0 radical (unpaired) electrons. The average Bonchev–Trinajstić information content (AvgIpc) is 2.79. The van der Waals surface area contributed by atoms with Crippen LogP contribution in [0.25, 0.3) is 0 Å². The van der Waals surface area contributed by atoms with Gasteiger partial charge in [0.05, 0.1) is 32.6 Å². The highest BCUT2D eigenvalue weighted by Gasteiger charge is 2.21. The van der Waals surface area contributed by atoms with E-state index in [1.54, 1.807) is 11.3 Å². The van der Waals surface area contributed by atoms with Crippen LogP contribution >= 0.6 is 27.3 Å². The summed E-state index contributed by atoms with van der Waals surface area (Å²) in [6.45, 7) is 6.02. The molecule has 0 aromatic carbocycles. The van der Waals surface area contributed by atoms with Gasteiger partial charge in [-0.3, -0.25) is 16.0 Å². The number of thiazole rings is 1. The molecule has 2 rings (SSSR count). The van der Waals surface area contributed by atoms with Crippen molar-refractivity contribution in [1.29, 1.82) is 0 Å². The summed E-state index contributed by atoms with van der Waals surface area (Å²) in [7, 11) is 1.95. The summed E-state index contributed by atoms with van der Waals surface area (Å²) in [4.78, 5) is 5.65. The maximum absolute atomic E-state index is 5.72. The number of hydrazine groups is 1. The summed E-state index contributed by atoms with van der Waals surface area (Å²) >= 11 is 5.28. The first kappa shape index (κ1) is 14.6. The Bertz CT molecular complexity index is 589. The highest BCUT2D eigenvalue weighted by molar-refractivity contribution is 9.10. The fourth-order valence-corrected chi connectivity index (χ4v) is 3.68. The molecule has 2 aromatic rings. The molecule has 0 spiro atoms. The van der Waals surface area contributed by atoms with Crippen molar-refractivity contribution in [3.05, 3.63) is 31.4 Å². The molecule has 0 aliphatic carbocycles. The number of hydrogen-bond acceptors (Lipinski definition) is 5. The Labute approximate surface area is 125 Å². The molecule has 2 aromatic heterocycles. The number of rotatable bonds is 4. The summed E-state index contributed by atoms with van der Waals surface area (Å²) in [5.41, 5.74) is 6.06. The molecule has 19 heavy (non-hydrogen) atoms. The number of nitrogens with one attached hydrogen (secondary N) is 1. The first-order chi connectivity index (χ1) is 8.93. The number of hydrogen-bond donors (Lipinski definition) is 2. The van der Waals surface area contributed by atoms with Gasteiger partial charge in [-0.05, 0) is 36.7 Å². The van der Waals surface area contributed by atoms with Crippen molar-refractivity contribution in [2.75, 3.05) is 0 Å². The quantitative estimate of drug-likeness (QED) is 0.660. The van der Waals surface area contributed by atoms with E-state index in [9.17, 15) is 0 Å². The second-order valence-corrected chi connectivity index (χ2v) is 6.60. The molecular formula is C12H18BrN5S. The zero-order valence-electron chi connectivity index (χ0n) is 11.5. The molecule has 1 unspecified atom stereocenters. The van der Waals surface area contributed by atoms with Gasteiger partial charge in [0.1, 0.15) is 0 Å². The van der Waals surface area contributed by atoms with Gasteiger partial charge in [-0.15, -0.1) is 11.3 Å². The molecule has 2 heterocycles. The second kappa shape index (κ2) is 5.70. The molecule has 0 saturated heterocycles. The fraction of sp³-hybridized carbons (Fsp3) is 0.500. The Morgan fingerprint density at radius 2 is 2.05 bits per heavy atom. The average molecular weight is 344 g/mol. The standard InChI is InChI=1S/C12H18BrN5S/c1-6-11(13)10(18(4)17-6)5-9(16-14)12-7(2)15-8(3)19-12/h9,16H,5,14H2,1-4H3. The van der Waals surface area contributed by atoms with Crippen molar-refractivity contribution in [3.8, 4) is 0 Å². The highest BCUT2D eigenvalue weighted by Crippen LogP contribution is 2.30. The molecule has 0 fully saturated rings. The number of aromatic nitrogens is 3. The normalized spacial score (nSPS) is 12.9. The Morgan fingerprint density at radius 1 is 1.37 bits per heavy atom. The van der Waals surface area contributed by atoms with Crippen LogP contribution in [-0.4, -0.2) is 14.8 Å². The molecule has 3 N–H and O–H groups in total. The molecule has 0 aliphatic heterocycles. The molecule has 7 heteroatoms. The zero-order chi connectivity index (χ0) is 14.2. The topological polar surface area (TPSA) is 68.8 Å². The van der Waals surface area contributed by atoms with Crippen LogP contribution in [0.4, 0.5) is 0 Å². The van der Waals surface area contributed by atoms with Gasteiger partial charge in [0.2, 0.25) is 0 Å². The molecule has 1 atom stereocenters. The van der Waals surface area contributed by atoms with E-state index in [0.717, 1.165) is 33.0 Å². The van der Waals surface area contributed by atoms with E-state index in [1.807, 2.05) is 32.5 Å². The molecule has 5 nitrogen and oxygen atoms in total. The van der Waals surface area contributed by atoms with E-state index >= 15 is 0 Å². The Morgan fingerprint density at radius 3 is 2.47 bits per heavy atom. The minimum absolute atomic E-state index is 0.0531. The summed E-state index contributed by atoms with van der Waals surface area (Å²) in [5.74, 6) is 5.72. The van der Waals surface area contributed by atoms with Gasteiger partial charge in [0.25, 0.3) is 0 Å². The molecule has 0 bridgehead atoms. The third-order valence-electron chi connectivity index (χ3n) is 3.12. The van der Waals surface area contributed by atoms with Crippen LogP contribution in [0.5, 0.6) is 0 Å². The van der Waals surface area contributed by atoms with E-state index in [0.29, 0.717) is 0 Å². The van der Waals surface area contributed by atoms with Crippen LogP contribution in [0, 0.1) is 20.8 Å². The van der Waals surface area contributed by atoms with Crippen molar-refractivity contribution in [2.24, 2.45) is 12.9 Å². The van der Waals surface area contributed by atoms with E-state index in [4.69, 9.17) is 5.84 Å². The van der Waals surface area contributed by atoms with Gasteiger partial charge in [-0.2, -0.15) is 5.10 Å². The fourth-order valence-electron chi connectivity index (χ4n) is 2.19. The van der Waals surface area contributed by atoms with E-state index in [-0.39, 0.29) is 6.04 Å². The van der Waals surface area contributed by atoms with Crippen molar-refractivity contribution >= 4 is 27.3 Å². The van der Waals surface area contributed by atoms with Crippen LogP contribution in [-0.2, 0) is 13.5 Å². The highest BCUT2D eigenvalue weighted by atomic mass is 79.9. The molecular weight excluding hydrogens is 326 g/mol. The molecule has 0 amide bonds. The predicted octanol–water partition coefficient (Wildman–Crippen LogP) is 2.31. The van der Waals surface area contributed by atoms with Gasteiger partial charge in [0, 0.05) is 18.3 Å². The molecule has 0 saturated carbocycles. The van der Waals surface area contributed by atoms with Gasteiger partial charge in [-0.1, -0.05) is 0 Å². The number of nitrogens with two attached hydrogens (primary N) is 1. The zero-order valence-corrected chi connectivity index (χ0v) is 13.9. The van der Waals surface area contributed by atoms with Crippen molar-refractivity contribution in [1.82, 2.24) is 20.2 Å². The van der Waals surface area contributed by atoms with E-state index in [2.05, 4.69) is 31.4 Å². The summed E-state index contributed by atoms with van der Waals surface area (Å²) in [6, 6.07) is 0.0531. The lowest BCUT2D eigenvalue weighted by molar-refractivity contribution is 0.533. The lowest BCUT2D eigenvalue weighted by Crippen LogP contribution is -2.30.